The lowest BCUT2D eigenvalue weighted by molar-refractivity contribution is 0.102. The maximum atomic E-state index is 12.8. The zero-order chi connectivity index (χ0) is 19.7. The quantitative estimate of drug-likeness (QED) is 0.713. The molecule has 1 N–H and O–H groups in total. The number of anilines is 1. The van der Waals surface area contributed by atoms with Crippen molar-refractivity contribution in [3.8, 4) is 11.4 Å². The van der Waals surface area contributed by atoms with E-state index in [4.69, 9.17) is 0 Å². The highest BCUT2D eigenvalue weighted by Gasteiger charge is 2.17. The van der Waals surface area contributed by atoms with E-state index in [0.717, 1.165) is 59.0 Å². The van der Waals surface area contributed by atoms with Gasteiger partial charge in [-0.25, -0.2) is 0 Å². The average Bonchev–Trinajstić information content (AvgIpc) is 2.91. The molecule has 4 rings (SSSR count). The summed E-state index contributed by atoms with van der Waals surface area (Å²) in [7, 11) is 0. The first-order chi connectivity index (χ1) is 13.5. The highest BCUT2D eigenvalue weighted by atomic mass is 16.1. The Kier molecular flexibility index (Phi) is 4.99. The number of aromatic nitrogens is 3. The van der Waals surface area contributed by atoms with Crippen molar-refractivity contribution in [3.63, 3.8) is 0 Å². The normalized spacial score (nSPS) is 13.7. The van der Waals surface area contributed by atoms with E-state index in [9.17, 15) is 4.79 Å². The number of fused-ring (bicyclic) bond motifs is 1. The Morgan fingerprint density at radius 2 is 1.75 bits per heavy atom. The van der Waals surface area contributed by atoms with Crippen LogP contribution < -0.4 is 5.32 Å². The summed E-state index contributed by atoms with van der Waals surface area (Å²) >= 11 is 0. The second kappa shape index (κ2) is 7.58. The SMILES string of the molecule is Cc1cc(C)cc(C(=O)Nc2cc(-c3nnc4n3CCCCC4)ccc2C)c1. The van der Waals surface area contributed by atoms with Crippen LogP contribution >= 0.6 is 0 Å². The van der Waals surface area contributed by atoms with Crippen LogP contribution in [-0.4, -0.2) is 20.7 Å². The van der Waals surface area contributed by atoms with Crippen molar-refractivity contribution in [3.05, 3.63) is 64.5 Å². The van der Waals surface area contributed by atoms with Gasteiger partial charge in [0.1, 0.15) is 5.82 Å². The number of amides is 1. The van der Waals surface area contributed by atoms with Crippen molar-refractivity contribution in [2.24, 2.45) is 0 Å². The number of carbonyl (C=O) groups excluding carboxylic acids is 1. The van der Waals surface area contributed by atoms with Crippen LogP contribution in [-0.2, 0) is 13.0 Å². The predicted octanol–water partition coefficient (Wildman–Crippen LogP) is 4.85. The lowest BCUT2D eigenvalue weighted by Gasteiger charge is -2.12. The van der Waals surface area contributed by atoms with E-state index in [-0.39, 0.29) is 5.91 Å². The van der Waals surface area contributed by atoms with E-state index in [0.29, 0.717) is 5.56 Å². The van der Waals surface area contributed by atoms with E-state index >= 15 is 0 Å². The molecule has 2 heterocycles. The zero-order valence-corrected chi connectivity index (χ0v) is 16.7. The minimum atomic E-state index is -0.0906. The molecule has 1 aliphatic rings. The van der Waals surface area contributed by atoms with Gasteiger partial charge in [0.2, 0.25) is 0 Å². The Balaban J connectivity index is 1.65. The molecule has 0 radical (unpaired) electrons. The van der Waals surface area contributed by atoms with Gasteiger partial charge in [-0.05, 0) is 57.4 Å². The smallest absolute Gasteiger partial charge is 0.255 e. The molecule has 0 spiro atoms. The van der Waals surface area contributed by atoms with Gasteiger partial charge in [-0.2, -0.15) is 0 Å². The number of hydrogen-bond acceptors (Lipinski definition) is 3. The highest BCUT2D eigenvalue weighted by Crippen LogP contribution is 2.27. The van der Waals surface area contributed by atoms with Crippen LogP contribution in [0.1, 0.15) is 52.1 Å². The molecule has 0 saturated heterocycles. The lowest BCUT2D eigenvalue weighted by atomic mass is 10.1. The van der Waals surface area contributed by atoms with Gasteiger partial charge in [-0.3, -0.25) is 4.79 Å². The summed E-state index contributed by atoms with van der Waals surface area (Å²) < 4.78 is 2.23. The summed E-state index contributed by atoms with van der Waals surface area (Å²) in [5.74, 6) is 1.86. The van der Waals surface area contributed by atoms with Gasteiger partial charge >= 0.3 is 0 Å². The van der Waals surface area contributed by atoms with E-state index in [2.05, 4.69) is 32.2 Å². The molecule has 0 aliphatic carbocycles. The summed E-state index contributed by atoms with van der Waals surface area (Å²) in [5.41, 5.74) is 5.67. The van der Waals surface area contributed by atoms with Crippen molar-refractivity contribution in [2.45, 2.75) is 53.0 Å². The number of nitrogens with zero attached hydrogens (tertiary/aromatic N) is 3. The molecule has 2 aromatic carbocycles. The maximum Gasteiger partial charge on any atom is 0.255 e. The number of aryl methyl sites for hydroxylation is 4. The fraction of sp³-hybridized carbons (Fsp3) is 0.348. The monoisotopic (exact) mass is 374 g/mol. The minimum absolute atomic E-state index is 0.0906. The van der Waals surface area contributed by atoms with Crippen molar-refractivity contribution in [2.75, 3.05) is 5.32 Å². The molecular weight excluding hydrogens is 348 g/mol. The molecule has 1 amide bonds. The number of benzene rings is 2. The van der Waals surface area contributed by atoms with Crippen molar-refractivity contribution in [1.82, 2.24) is 14.8 Å². The zero-order valence-electron chi connectivity index (χ0n) is 16.7. The number of carbonyl (C=O) groups is 1. The Hall–Kier alpha value is -2.95. The van der Waals surface area contributed by atoms with Crippen molar-refractivity contribution in [1.29, 1.82) is 0 Å². The molecule has 0 unspecified atom stereocenters. The largest absolute Gasteiger partial charge is 0.322 e. The average molecular weight is 374 g/mol. The Morgan fingerprint density at radius 1 is 0.964 bits per heavy atom. The third-order valence-electron chi connectivity index (χ3n) is 5.34. The van der Waals surface area contributed by atoms with Gasteiger partial charge in [0.05, 0.1) is 0 Å². The fourth-order valence-electron chi connectivity index (χ4n) is 3.89. The summed E-state index contributed by atoms with van der Waals surface area (Å²) in [6.07, 6.45) is 4.53. The van der Waals surface area contributed by atoms with Crippen LogP contribution in [0, 0.1) is 20.8 Å². The molecule has 28 heavy (non-hydrogen) atoms. The maximum absolute atomic E-state index is 12.8. The first kappa shape index (κ1) is 18.4. The Morgan fingerprint density at radius 3 is 2.54 bits per heavy atom. The second-order valence-electron chi connectivity index (χ2n) is 7.76. The summed E-state index contributed by atoms with van der Waals surface area (Å²) in [5, 5.41) is 11.9. The predicted molar refractivity (Wildman–Crippen MR) is 112 cm³/mol. The van der Waals surface area contributed by atoms with Crippen LogP contribution in [0.4, 0.5) is 5.69 Å². The van der Waals surface area contributed by atoms with Gasteiger partial charge in [-0.1, -0.05) is 35.7 Å². The van der Waals surface area contributed by atoms with E-state index in [1.165, 1.54) is 12.8 Å². The van der Waals surface area contributed by atoms with Gasteiger partial charge < -0.3 is 9.88 Å². The van der Waals surface area contributed by atoms with Gasteiger partial charge in [0, 0.05) is 29.8 Å². The first-order valence-corrected chi connectivity index (χ1v) is 9.94. The summed E-state index contributed by atoms with van der Waals surface area (Å²) in [4.78, 5) is 12.8. The first-order valence-electron chi connectivity index (χ1n) is 9.94. The van der Waals surface area contributed by atoms with Gasteiger partial charge in [-0.15, -0.1) is 10.2 Å². The standard InChI is InChI=1S/C23H26N4O/c1-15-11-16(2)13-19(12-15)23(28)24-20-14-18(9-8-17(20)3)22-26-25-21-7-5-4-6-10-27(21)22/h8-9,11-14H,4-7,10H2,1-3H3,(H,24,28). The fourth-order valence-corrected chi connectivity index (χ4v) is 3.89. The molecule has 0 bridgehead atoms. The molecule has 1 aliphatic heterocycles. The molecule has 144 valence electrons. The van der Waals surface area contributed by atoms with E-state index in [1.54, 1.807) is 0 Å². The minimum Gasteiger partial charge on any atom is -0.322 e. The van der Waals surface area contributed by atoms with Crippen LogP contribution in [0.2, 0.25) is 0 Å². The number of hydrogen-bond donors (Lipinski definition) is 1. The van der Waals surface area contributed by atoms with E-state index in [1.807, 2.05) is 45.0 Å². The number of rotatable bonds is 3. The van der Waals surface area contributed by atoms with Crippen LogP contribution in [0.15, 0.2) is 36.4 Å². The third kappa shape index (κ3) is 3.70. The molecule has 5 nitrogen and oxygen atoms in total. The molecule has 0 atom stereocenters. The molecule has 0 fully saturated rings. The molecule has 5 heteroatoms. The van der Waals surface area contributed by atoms with Gasteiger partial charge in [0.15, 0.2) is 5.82 Å². The van der Waals surface area contributed by atoms with Crippen LogP contribution in [0.3, 0.4) is 0 Å². The van der Waals surface area contributed by atoms with Crippen LogP contribution in [0.25, 0.3) is 11.4 Å². The van der Waals surface area contributed by atoms with Crippen LogP contribution in [0.5, 0.6) is 0 Å². The molecule has 3 aromatic rings. The number of nitrogens with one attached hydrogen (secondary N) is 1. The Bertz CT molecular complexity index is 1010. The van der Waals surface area contributed by atoms with Crippen molar-refractivity contribution < 1.29 is 4.79 Å². The molecular formula is C23H26N4O. The highest BCUT2D eigenvalue weighted by molar-refractivity contribution is 6.05. The summed E-state index contributed by atoms with van der Waals surface area (Å²) in [6, 6.07) is 12.0. The Labute approximate surface area is 165 Å². The topological polar surface area (TPSA) is 59.8 Å². The lowest BCUT2D eigenvalue weighted by Crippen LogP contribution is -2.13. The third-order valence-corrected chi connectivity index (χ3v) is 5.34. The summed E-state index contributed by atoms with van der Waals surface area (Å²) in [6.45, 7) is 6.97. The molecule has 1 aromatic heterocycles. The molecule has 0 saturated carbocycles. The second-order valence-corrected chi connectivity index (χ2v) is 7.76. The van der Waals surface area contributed by atoms with Gasteiger partial charge in [0.25, 0.3) is 5.91 Å². The van der Waals surface area contributed by atoms with E-state index < -0.39 is 0 Å². The van der Waals surface area contributed by atoms with Crippen molar-refractivity contribution >= 4 is 11.6 Å².